The van der Waals surface area contributed by atoms with Crippen molar-refractivity contribution < 1.29 is 109 Å². The standard InChI is InChI=1S/C11H6F16O3.CH4O.Rh/c1-4(14,15)2(12)29-10(26)6(18,19)8(22,23)11(27,9(24,25)7(10,20)21)30-3(13)5(16,17)28;1-2;/h2-3,28H,1H3;2H,1H3;. The fraction of sp³-hybridized carbons (Fsp3) is 1.00. The first-order valence-corrected chi connectivity index (χ1v) is 7.21. The topological polar surface area (TPSA) is 58.9 Å². The van der Waals surface area contributed by atoms with E-state index in [1.54, 1.807) is 0 Å². The molecule has 2 unspecified atom stereocenters. The average molecular weight is 625 g/mol. The van der Waals surface area contributed by atoms with E-state index in [4.69, 9.17) is 10.2 Å². The average Bonchev–Trinajstić information content (AvgIpc) is 2.59. The van der Waals surface area contributed by atoms with Crippen LogP contribution in [0.2, 0.25) is 0 Å². The van der Waals surface area contributed by atoms with Crippen LogP contribution in [0.3, 0.4) is 0 Å². The number of ether oxygens (including phenoxy) is 2. The van der Waals surface area contributed by atoms with Crippen molar-refractivity contribution in [1.82, 2.24) is 0 Å². The minimum absolute atomic E-state index is 0. The third kappa shape index (κ3) is 4.75. The summed E-state index contributed by atoms with van der Waals surface area (Å²) in [5.74, 6) is -51.6. The van der Waals surface area contributed by atoms with E-state index in [0.29, 0.717) is 0 Å². The summed E-state index contributed by atoms with van der Waals surface area (Å²) in [7, 11) is 1.00. The Labute approximate surface area is 184 Å². The molecule has 0 aliphatic heterocycles. The van der Waals surface area contributed by atoms with Gasteiger partial charge in [-0.15, -0.1) is 0 Å². The smallest absolute Gasteiger partial charge is 0.400 e. The molecule has 33 heavy (non-hydrogen) atoms. The first-order chi connectivity index (χ1) is 13.8. The van der Waals surface area contributed by atoms with Crippen LogP contribution in [-0.4, -0.2) is 77.5 Å². The summed E-state index contributed by atoms with van der Waals surface area (Å²) in [6.07, 6.45) is -16.7. The largest absolute Gasteiger partial charge is 0.409 e. The Morgan fingerprint density at radius 3 is 1.00 bits per heavy atom. The molecule has 2 N–H and O–H groups in total. The maximum absolute atomic E-state index is 14.0. The van der Waals surface area contributed by atoms with E-state index in [0.717, 1.165) is 7.11 Å². The second kappa shape index (κ2) is 9.42. The zero-order valence-electron chi connectivity index (χ0n) is 15.2. The molecule has 0 aromatic heterocycles. The first kappa shape index (κ1) is 34.5. The van der Waals surface area contributed by atoms with Crippen molar-refractivity contribution in [3.05, 3.63) is 0 Å². The van der Waals surface area contributed by atoms with Crippen LogP contribution in [0.15, 0.2) is 0 Å². The number of aliphatic hydroxyl groups is 2. The molecule has 1 aliphatic carbocycles. The van der Waals surface area contributed by atoms with E-state index in [-0.39, 0.29) is 19.5 Å². The Morgan fingerprint density at radius 1 is 0.606 bits per heavy atom. The quantitative estimate of drug-likeness (QED) is 0.341. The van der Waals surface area contributed by atoms with Crippen molar-refractivity contribution >= 4 is 0 Å². The predicted molar refractivity (Wildman–Crippen MR) is 65.4 cm³/mol. The van der Waals surface area contributed by atoms with Gasteiger partial charge in [0, 0.05) is 33.5 Å². The van der Waals surface area contributed by atoms with E-state index in [2.05, 4.69) is 4.74 Å². The van der Waals surface area contributed by atoms with E-state index >= 15 is 0 Å². The van der Waals surface area contributed by atoms with Gasteiger partial charge >= 0.3 is 41.5 Å². The monoisotopic (exact) mass is 625 g/mol. The summed E-state index contributed by atoms with van der Waals surface area (Å²) in [6.45, 7) is -0.698. The van der Waals surface area contributed by atoms with Crippen LogP contribution in [0.4, 0.5) is 70.2 Å². The van der Waals surface area contributed by atoms with Gasteiger partial charge in [0.2, 0.25) is 0 Å². The zero-order valence-corrected chi connectivity index (χ0v) is 16.9. The van der Waals surface area contributed by atoms with Crippen LogP contribution in [0.5, 0.6) is 0 Å². The molecule has 0 bridgehead atoms. The maximum Gasteiger partial charge on any atom is 0.409 e. The number of halogens is 16. The minimum atomic E-state index is -7.84. The van der Waals surface area contributed by atoms with Crippen LogP contribution >= 0.6 is 0 Å². The molecule has 1 aliphatic rings. The van der Waals surface area contributed by atoms with Crippen LogP contribution in [-0.2, 0) is 29.0 Å². The molecule has 0 amide bonds. The zero-order chi connectivity index (χ0) is 26.6. The summed E-state index contributed by atoms with van der Waals surface area (Å²) >= 11 is 0. The molecule has 0 aromatic carbocycles. The van der Waals surface area contributed by atoms with Gasteiger partial charge in [0.05, 0.1) is 0 Å². The summed E-state index contributed by atoms with van der Waals surface area (Å²) < 4.78 is 217. The molecule has 21 heteroatoms. The molecule has 4 nitrogen and oxygen atoms in total. The van der Waals surface area contributed by atoms with Crippen LogP contribution in [0.1, 0.15) is 6.92 Å². The predicted octanol–water partition coefficient (Wildman–Crippen LogP) is 4.34. The summed E-state index contributed by atoms with van der Waals surface area (Å²) in [5, 5.41) is 14.7. The van der Waals surface area contributed by atoms with E-state index in [1.165, 1.54) is 0 Å². The second-order valence-corrected chi connectivity index (χ2v) is 5.90. The Hall–Kier alpha value is -0.657. The molecule has 0 heterocycles. The molecule has 2 atom stereocenters. The summed E-state index contributed by atoms with van der Waals surface area (Å²) in [5.41, 5.74) is 0. The van der Waals surface area contributed by atoms with Gasteiger partial charge in [-0.25, -0.2) is 17.6 Å². The molecular weight excluding hydrogens is 615 g/mol. The van der Waals surface area contributed by atoms with Crippen molar-refractivity contribution in [2.75, 3.05) is 7.11 Å². The molecule has 0 saturated heterocycles. The van der Waals surface area contributed by atoms with Crippen molar-refractivity contribution in [3.63, 3.8) is 0 Å². The maximum atomic E-state index is 14.0. The SMILES string of the molecule is CC(F)(F)C(F)OC1(F)C(F)(F)C(F)(F)C(F)(OC(F)C(O)(F)F)C(F)(F)C1(F)F.CO.[Rh]. The minimum Gasteiger partial charge on any atom is -0.400 e. The fourth-order valence-electron chi connectivity index (χ4n) is 1.96. The van der Waals surface area contributed by atoms with Gasteiger partial charge in [-0.3, -0.25) is 9.47 Å². The van der Waals surface area contributed by atoms with Gasteiger partial charge in [0.25, 0.3) is 18.6 Å². The van der Waals surface area contributed by atoms with E-state index in [9.17, 15) is 70.2 Å². The molecule has 203 valence electrons. The van der Waals surface area contributed by atoms with Gasteiger partial charge in [-0.05, 0) is 0 Å². The molecule has 0 spiro atoms. The Morgan fingerprint density at radius 2 is 0.818 bits per heavy atom. The van der Waals surface area contributed by atoms with Crippen LogP contribution in [0, 0.1) is 0 Å². The molecule has 1 saturated carbocycles. The van der Waals surface area contributed by atoms with Gasteiger partial charge in [-0.2, -0.15) is 52.7 Å². The van der Waals surface area contributed by atoms with Crippen molar-refractivity contribution in [2.24, 2.45) is 0 Å². The molecular formula is C12H10F16O4Rh. The van der Waals surface area contributed by atoms with Crippen molar-refractivity contribution in [1.29, 1.82) is 0 Å². The van der Waals surface area contributed by atoms with Gasteiger partial charge < -0.3 is 10.2 Å². The first-order valence-electron chi connectivity index (χ1n) is 7.21. The molecule has 1 fully saturated rings. The Kier molecular flexibility index (Phi) is 9.85. The number of rotatable bonds is 6. The Bertz CT molecular complexity index is 579. The van der Waals surface area contributed by atoms with Crippen LogP contribution < -0.4 is 0 Å². The third-order valence-electron chi connectivity index (χ3n) is 3.61. The van der Waals surface area contributed by atoms with Gasteiger partial charge in [-0.1, -0.05) is 0 Å². The molecule has 1 rings (SSSR count). The van der Waals surface area contributed by atoms with E-state index in [1.807, 2.05) is 4.74 Å². The third-order valence-corrected chi connectivity index (χ3v) is 3.61. The molecule has 1 radical (unpaired) electrons. The van der Waals surface area contributed by atoms with Crippen molar-refractivity contribution in [2.45, 2.75) is 67.1 Å². The molecule has 0 aromatic rings. The van der Waals surface area contributed by atoms with Crippen molar-refractivity contribution in [3.8, 4) is 0 Å². The number of alkyl halides is 16. The Balaban J connectivity index is 0. The summed E-state index contributed by atoms with van der Waals surface area (Å²) in [4.78, 5) is 0. The van der Waals surface area contributed by atoms with Gasteiger partial charge in [0.1, 0.15) is 0 Å². The fourth-order valence-corrected chi connectivity index (χ4v) is 1.96. The van der Waals surface area contributed by atoms with Gasteiger partial charge in [0.15, 0.2) is 0 Å². The normalized spacial score (nSPS) is 32.0. The number of hydrogen-bond acceptors (Lipinski definition) is 4. The second-order valence-electron chi connectivity index (χ2n) is 5.90. The summed E-state index contributed by atoms with van der Waals surface area (Å²) in [6, 6.07) is 0. The van der Waals surface area contributed by atoms with E-state index < -0.39 is 67.1 Å². The van der Waals surface area contributed by atoms with Crippen LogP contribution in [0.25, 0.3) is 0 Å². The number of aliphatic hydroxyl groups excluding tert-OH is 1. The number of hydrogen-bond donors (Lipinski definition) is 2.